The van der Waals surface area contributed by atoms with E-state index >= 15 is 0 Å². The molecule has 22 nitrogen and oxygen atoms in total. The molecule has 0 saturated carbocycles. The first-order chi connectivity index (χ1) is 33.4. The van der Waals surface area contributed by atoms with Crippen LogP contribution < -0.4 is 42.6 Å². The smallest absolute Gasteiger partial charge is 0.333 e. The van der Waals surface area contributed by atoms with Crippen molar-refractivity contribution in [1.29, 1.82) is 0 Å². The summed E-state index contributed by atoms with van der Waals surface area (Å²) in [4.78, 5) is 90.2. The van der Waals surface area contributed by atoms with Crippen molar-refractivity contribution in [3.63, 3.8) is 0 Å². The molecule has 2 aromatic carbocycles. The first-order valence-corrected chi connectivity index (χ1v) is 23.1. The molecule has 0 aliphatic rings. The number of unbranched alkanes of at least 4 members (excludes halogenated alkanes) is 3. The van der Waals surface area contributed by atoms with Crippen LogP contribution in [-0.2, 0) is 38.8 Å². The molecule has 0 aliphatic carbocycles. The van der Waals surface area contributed by atoms with Crippen LogP contribution in [-0.4, -0.2) is 104 Å². The summed E-state index contributed by atoms with van der Waals surface area (Å²) >= 11 is 0. The maximum absolute atomic E-state index is 13.7. The lowest BCUT2D eigenvalue weighted by molar-refractivity contribution is -0.139. The minimum Gasteiger partial charge on any atom is -0.494 e. The number of imidazole rings is 2. The summed E-state index contributed by atoms with van der Waals surface area (Å²) < 4.78 is 22.2. The molecule has 0 unspecified atom stereocenters. The number of carbonyl (C=O) groups excluding carboxylic acids is 6. The second-order valence-electron chi connectivity index (χ2n) is 16.4. The number of aryl methyl sites for hydroxylation is 4. The average Bonchev–Trinajstić information content (AvgIpc) is 3.99. The average molecular weight is 966 g/mol. The van der Waals surface area contributed by atoms with Crippen LogP contribution in [0.15, 0.2) is 59.2 Å². The maximum atomic E-state index is 13.7. The highest BCUT2D eigenvalue weighted by atomic mass is 16.5. The summed E-state index contributed by atoms with van der Waals surface area (Å²) in [6.07, 6.45) is 5.04. The predicted octanol–water partition coefficient (Wildman–Crippen LogP) is 4.68. The number of methoxy groups -OCH3 is 1. The molecule has 3 heterocycles. The van der Waals surface area contributed by atoms with Gasteiger partial charge in [0.15, 0.2) is 0 Å². The molecule has 0 atom stereocenters. The summed E-state index contributed by atoms with van der Waals surface area (Å²) in [5, 5.41) is 13.1. The number of amides is 5. The molecule has 9 N–H and O–H groups in total. The number of nitrogens with zero attached hydrogens (tertiary/aromatic N) is 7. The van der Waals surface area contributed by atoms with Crippen molar-refractivity contribution >= 4 is 75.2 Å². The number of nitrogens with one attached hydrogen (secondary N) is 3. The predicted molar refractivity (Wildman–Crippen MR) is 265 cm³/mol. The Morgan fingerprint density at radius 1 is 0.786 bits per heavy atom. The summed E-state index contributed by atoms with van der Waals surface area (Å²) in [6.45, 7) is 14.2. The van der Waals surface area contributed by atoms with Gasteiger partial charge in [-0.1, -0.05) is 6.58 Å². The van der Waals surface area contributed by atoms with Gasteiger partial charge in [-0.15, -0.1) is 0 Å². The minimum absolute atomic E-state index is 0.0775. The Kier molecular flexibility index (Phi) is 18.8. The number of anilines is 2. The van der Waals surface area contributed by atoms with Crippen molar-refractivity contribution in [2.75, 3.05) is 44.0 Å². The van der Waals surface area contributed by atoms with Gasteiger partial charge in [-0.05, 0) is 110 Å². The molecule has 5 rings (SSSR count). The largest absolute Gasteiger partial charge is 0.494 e. The molecule has 0 saturated heterocycles. The molecule has 3 aromatic heterocycles. The van der Waals surface area contributed by atoms with E-state index in [-0.39, 0.29) is 60.2 Å². The van der Waals surface area contributed by atoms with E-state index in [0.29, 0.717) is 122 Å². The van der Waals surface area contributed by atoms with E-state index in [2.05, 4.69) is 32.6 Å². The minimum atomic E-state index is -0.725. The number of allylic oxidation sites excluding steroid dienone is 1. The van der Waals surface area contributed by atoms with Crippen molar-refractivity contribution in [3.05, 3.63) is 76.8 Å². The summed E-state index contributed by atoms with van der Waals surface area (Å²) in [5.41, 5.74) is 21.1. The van der Waals surface area contributed by atoms with Crippen LogP contribution in [0.4, 0.5) is 11.9 Å². The lowest BCUT2D eigenvalue weighted by atomic mass is 10.1. The molecule has 374 valence electrons. The zero-order valence-corrected chi connectivity index (χ0v) is 40.6. The second kappa shape index (κ2) is 24.8. The van der Waals surface area contributed by atoms with E-state index < -0.39 is 29.6 Å². The number of esters is 1. The third kappa shape index (κ3) is 13.8. The van der Waals surface area contributed by atoms with Crippen LogP contribution in [0.1, 0.15) is 110 Å². The van der Waals surface area contributed by atoms with Crippen molar-refractivity contribution in [3.8, 4) is 11.5 Å². The highest BCUT2D eigenvalue weighted by Crippen LogP contribution is 2.34. The molecule has 0 fully saturated rings. The molecule has 70 heavy (non-hydrogen) atoms. The topological polar surface area (TPSA) is 310 Å². The zero-order valence-electron chi connectivity index (χ0n) is 40.6. The van der Waals surface area contributed by atoms with E-state index in [9.17, 15) is 28.8 Å². The maximum Gasteiger partial charge on any atom is 0.333 e. The van der Waals surface area contributed by atoms with Gasteiger partial charge in [-0.25, -0.2) is 14.8 Å². The summed E-state index contributed by atoms with van der Waals surface area (Å²) in [7, 11) is 1.46. The number of aliphatic imine (C=N–C) groups is 1. The van der Waals surface area contributed by atoms with Crippen molar-refractivity contribution in [2.45, 2.75) is 99.2 Å². The van der Waals surface area contributed by atoms with Gasteiger partial charge in [0.25, 0.3) is 11.8 Å². The zero-order chi connectivity index (χ0) is 51.1. The first-order valence-electron chi connectivity index (χ1n) is 23.1. The first kappa shape index (κ1) is 52.9. The van der Waals surface area contributed by atoms with Crippen molar-refractivity contribution in [2.24, 2.45) is 22.2 Å². The molecule has 5 aromatic rings. The van der Waals surface area contributed by atoms with Gasteiger partial charge in [-0.2, -0.15) is 5.10 Å². The van der Waals surface area contributed by atoms with Gasteiger partial charge in [-0.3, -0.25) is 44.3 Å². The SMILES string of the molecule is C=C(C)C(=O)OCCCCCC(=O)NCCCOc1cc(C(N)=O)cc2nc(NC(=O)C(/C=C(/C)N)=NCC)n(CCCCn3c(NC(=O)c4cc(C)nn4CC)nc4cc(C(N)=O)cc(OC)c43)c12. The van der Waals surface area contributed by atoms with Crippen LogP contribution in [0.5, 0.6) is 11.5 Å². The molecular formula is C48H63N13O9. The lowest BCUT2D eigenvalue weighted by Gasteiger charge is -2.15. The number of hydrogen-bond donors (Lipinski definition) is 6. The Bertz CT molecular complexity index is 2830. The fourth-order valence-corrected chi connectivity index (χ4v) is 7.47. The van der Waals surface area contributed by atoms with Crippen LogP contribution >= 0.6 is 0 Å². The van der Waals surface area contributed by atoms with Gasteiger partial charge in [0.1, 0.15) is 33.9 Å². The van der Waals surface area contributed by atoms with E-state index in [0.717, 1.165) is 0 Å². The van der Waals surface area contributed by atoms with E-state index in [4.69, 9.17) is 41.4 Å². The molecule has 5 amide bonds. The lowest BCUT2D eigenvalue weighted by Crippen LogP contribution is -2.25. The fourth-order valence-electron chi connectivity index (χ4n) is 7.47. The Morgan fingerprint density at radius 2 is 1.40 bits per heavy atom. The highest BCUT2D eigenvalue weighted by Gasteiger charge is 2.24. The molecule has 0 bridgehead atoms. The molecule has 0 aliphatic heterocycles. The van der Waals surface area contributed by atoms with Crippen LogP contribution in [0.2, 0.25) is 0 Å². The molecule has 22 heteroatoms. The molecule has 0 radical (unpaired) electrons. The Balaban J connectivity index is 1.40. The Hall–Kier alpha value is -8.04. The number of nitrogens with two attached hydrogens (primary N) is 3. The van der Waals surface area contributed by atoms with Gasteiger partial charge in [0, 0.05) is 61.5 Å². The fraction of sp³-hybridized carbons (Fsp3) is 0.417. The van der Waals surface area contributed by atoms with E-state index in [1.807, 2.05) is 6.92 Å². The van der Waals surface area contributed by atoms with Gasteiger partial charge < -0.3 is 45.9 Å². The Labute approximate surface area is 405 Å². The third-order valence-electron chi connectivity index (χ3n) is 10.8. The van der Waals surface area contributed by atoms with Gasteiger partial charge in [0.05, 0.1) is 37.1 Å². The van der Waals surface area contributed by atoms with Crippen LogP contribution in [0.3, 0.4) is 0 Å². The second-order valence-corrected chi connectivity index (χ2v) is 16.4. The number of carbonyl (C=O) groups is 6. The standard InChI is InChI=1S/C48H63N13O9/c1-8-52-35(22-29(5)49)44(65)56-47-55-34-25-32(43(51)64)27-38(69-21-15-17-53-39(62)16-11-10-14-20-70-46(67)28(3)4)41(34)60(47)19-13-12-18-59-40-33(24-31(42(50)63)26-37(40)68-7)54-48(59)57-45(66)36-23-30(6)58-61(36)9-2/h22-27H,3,8-21,49H2,1-2,4-7H3,(H2,50,63)(H2,51,64)(H,53,62)(H,54,57,66)(H,55,56,65)/b29-22-,52-35?. The number of primary amides is 2. The number of aromatic nitrogens is 6. The normalized spacial score (nSPS) is 11.7. The number of ether oxygens (including phenoxy) is 3. The number of fused-ring (bicyclic) bond motifs is 2. The van der Waals surface area contributed by atoms with Gasteiger partial charge >= 0.3 is 5.97 Å². The summed E-state index contributed by atoms with van der Waals surface area (Å²) in [6, 6.07) is 7.75. The Morgan fingerprint density at radius 3 is 1.97 bits per heavy atom. The molecular weight excluding hydrogens is 903 g/mol. The highest BCUT2D eigenvalue weighted by molar-refractivity contribution is 6.47. The van der Waals surface area contributed by atoms with E-state index in [1.54, 1.807) is 47.6 Å². The number of hydrogen-bond acceptors (Lipinski definition) is 14. The van der Waals surface area contributed by atoms with Crippen LogP contribution in [0, 0.1) is 6.92 Å². The number of rotatable bonds is 27. The van der Waals surface area contributed by atoms with Crippen molar-refractivity contribution < 1.29 is 43.0 Å². The van der Waals surface area contributed by atoms with Gasteiger partial charge in [0.2, 0.25) is 29.6 Å². The summed E-state index contributed by atoms with van der Waals surface area (Å²) in [5.74, 6) is -2.09. The van der Waals surface area contributed by atoms with Crippen LogP contribution in [0.25, 0.3) is 22.1 Å². The quantitative estimate of drug-likeness (QED) is 0.0181. The number of benzene rings is 2. The monoisotopic (exact) mass is 965 g/mol. The third-order valence-corrected chi connectivity index (χ3v) is 10.8. The van der Waals surface area contributed by atoms with Crippen molar-refractivity contribution in [1.82, 2.24) is 34.2 Å². The van der Waals surface area contributed by atoms with E-state index in [1.165, 1.54) is 37.5 Å². The molecule has 0 spiro atoms.